The molecule has 1 amide bonds. The van der Waals surface area contributed by atoms with Crippen LogP contribution in [0.15, 0.2) is 82.5 Å². The number of methoxy groups -OCH3 is 1. The van der Waals surface area contributed by atoms with Crippen LogP contribution in [-0.4, -0.2) is 28.8 Å². The van der Waals surface area contributed by atoms with E-state index in [1.807, 2.05) is 54.6 Å². The summed E-state index contributed by atoms with van der Waals surface area (Å²) in [6.07, 6.45) is 0.699. The van der Waals surface area contributed by atoms with Crippen LogP contribution in [0.2, 0.25) is 0 Å². The zero-order valence-electron chi connectivity index (χ0n) is 18.1. The number of aryl methyl sites for hydroxylation is 2. The van der Waals surface area contributed by atoms with Gasteiger partial charge in [0.1, 0.15) is 23.3 Å². The highest BCUT2D eigenvalue weighted by Crippen LogP contribution is 2.40. The molecule has 0 fully saturated rings. The lowest BCUT2D eigenvalue weighted by molar-refractivity contribution is -0.130. The van der Waals surface area contributed by atoms with Crippen molar-refractivity contribution in [2.45, 2.75) is 32.4 Å². The molecule has 0 spiro atoms. The van der Waals surface area contributed by atoms with Gasteiger partial charge in [0.05, 0.1) is 12.7 Å². The van der Waals surface area contributed by atoms with Gasteiger partial charge in [-0.05, 0) is 48.7 Å². The van der Waals surface area contributed by atoms with Crippen molar-refractivity contribution in [3.63, 3.8) is 0 Å². The molecule has 4 rings (SSSR count). The molecule has 1 aliphatic rings. The first-order chi connectivity index (χ1) is 15.5. The number of aliphatic hydroxyl groups excluding tert-OH is 1. The molecule has 1 aromatic heterocycles. The summed E-state index contributed by atoms with van der Waals surface area (Å²) >= 11 is 0. The SMILES string of the molecule is COc1cccc(CN2C(=O)C(O)=C(C(=O)CCc3ccccc3)C2c2ccc(C)o2)c1. The Morgan fingerprint density at radius 3 is 2.50 bits per heavy atom. The van der Waals surface area contributed by atoms with E-state index in [0.717, 1.165) is 11.1 Å². The third-order valence-electron chi connectivity index (χ3n) is 5.61. The third-order valence-corrected chi connectivity index (χ3v) is 5.61. The number of ketones is 1. The van der Waals surface area contributed by atoms with Gasteiger partial charge in [0.15, 0.2) is 11.5 Å². The molecule has 1 atom stereocenters. The molecule has 3 aromatic rings. The molecule has 1 N–H and O–H groups in total. The zero-order valence-corrected chi connectivity index (χ0v) is 18.1. The molecule has 1 unspecified atom stereocenters. The highest BCUT2D eigenvalue weighted by Gasteiger charge is 2.44. The Bertz CT molecular complexity index is 1160. The second-order valence-corrected chi connectivity index (χ2v) is 7.81. The number of furan rings is 1. The van der Waals surface area contributed by atoms with E-state index in [9.17, 15) is 14.7 Å². The Morgan fingerprint density at radius 1 is 1.06 bits per heavy atom. The first kappa shape index (κ1) is 21.4. The van der Waals surface area contributed by atoms with E-state index < -0.39 is 17.7 Å². The topological polar surface area (TPSA) is 80.0 Å². The number of amides is 1. The maximum absolute atomic E-state index is 13.2. The van der Waals surface area contributed by atoms with Crippen LogP contribution in [0.4, 0.5) is 0 Å². The van der Waals surface area contributed by atoms with Crippen LogP contribution in [-0.2, 0) is 22.6 Å². The molecule has 6 nitrogen and oxygen atoms in total. The molecule has 0 aliphatic carbocycles. The van der Waals surface area contributed by atoms with Gasteiger partial charge in [0.25, 0.3) is 5.91 Å². The van der Waals surface area contributed by atoms with Gasteiger partial charge in [-0.1, -0.05) is 42.5 Å². The van der Waals surface area contributed by atoms with Gasteiger partial charge in [0.2, 0.25) is 0 Å². The maximum Gasteiger partial charge on any atom is 0.290 e. The molecule has 6 heteroatoms. The summed E-state index contributed by atoms with van der Waals surface area (Å²) in [5.41, 5.74) is 1.92. The van der Waals surface area contributed by atoms with E-state index in [0.29, 0.717) is 23.7 Å². The van der Waals surface area contributed by atoms with Crippen molar-refractivity contribution in [1.82, 2.24) is 4.90 Å². The monoisotopic (exact) mass is 431 g/mol. The Hall–Kier alpha value is -3.80. The molecule has 0 radical (unpaired) electrons. The van der Waals surface area contributed by atoms with E-state index in [4.69, 9.17) is 9.15 Å². The fourth-order valence-electron chi connectivity index (χ4n) is 4.00. The van der Waals surface area contributed by atoms with Crippen LogP contribution < -0.4 is 4.74 Å². The smallest absolute Gasteiger partial charge is 0.290 e. The standard InChI is InChI=1S/C26H25NO5/c1-17-11-14-22(32-17)24-23(21(28)13-12-18-7-4-3-5-8-18)25(29)26(30)27(24)16-19-9-6-10-20(15-19)31-2/h3-11,14-15,24,29H,12-13,16H2,1-2H3. The summed E-state index contributed by atoms with van der Waals surface area (Å²) in [6.45, 7) is 1.99. The number of nitrogens with zero attached hydrogens (tertiary/aromatic N) is 1. The minimum Gasteiger partial charge on any atom is -0.503 e. The highest BCUT2D eigenvalue weighted by molar-refractivity contribution is 6.08. The van der Waals surface area contributed by atoms with E-state index in [2.05, 4.69) is 0 Å². The number of aliphatic hydroxyl groups is 1. The van der Waals surface area contributed by atoms with Gasteiger partial charge in [-0.3, -0.25) is 9.59 Å². The number of rotatable bonds is 8. The molecule has 1 aliphatic heterocycles. The average Bonchev–Trinajstić information content (AvgIpc) is 3.34. The summed E-state index contributed by atoms with van der Waals surface area (Å²) in [6, 6.07) is 19.7. The van der Waals surface area contributed by atoms with Crippen molar-refractivity contribution in [3.8, 4) is 5.75 Å². The van der Waals surface area contributed by atoms with Gasteiger partial charge < -0.3 is 19.2 Å². The average molecular weight is 431 g/mol. The first-order valence-electron chi connectivity index (χ1n) is 10.5. The minimum absolute atomic E-state index is 0.0863. The van der Waals surface area contributed by atoms with Crippen LogP contribution in [0.3, 0.4) is 0 Å². The molecule has 164 valence electrons. The summed E-state index contributed by atoms with van der Waals surface area (Å²) < 4.78 is 11.1. The fraction of sp³-hybridized carbons (Fsp3) is 0.231. The molecule has 2 heterocycles. The number of ether oxygens (including phenoxy) is 1. The Labute approximate surface area is 186 Å². The minimum atomic E-state index is -0.786. The van der Waals surface area contributed by atoms with Crippen molar-refractivity contribution < 1.29 is 23.8 Å². The maximum atomic E-state index is 13.2. The third kappa shape index (κ3) is 4.30. The van der Waals surface area contributed by atoms with Gasteiger partial charge in [0, 0.05) is 13.0 Å². The number of carbonyl (C=O) groups is 2. The van der Waals surface area contributed by atoms with Crippen molar-refractivity contribution >= 4 is 11.7 Å². The quantitative estimate of drug-likeness (QED) is 0.560. The van der Waals surface area contributed by atoms with Gasteiger partial charge in [-0.25, -0.2) is 0 Å². The fourth-order valence-corrected chi connectivity index (χ4v) is 4.00. The summed E-state index contributed by atoms with van der Waals surface area (Å²) in [7, 11) is 1.57. The van der Waals surface area contributed by atoms with Gasteiger partial charge >= 0.3 is 0 Å². The van der Waals surface area contributed by atoms with Crippen LogP contribution in [0.5, 0.6) is 5.75 Å². The lowest BCUT2D eigenvalue weighted by Gasteiger charge is -2.25. The van der Waals surface area contributed by atoms with Crippen LogP contribution >= 0.6 is 0 Å². The van der Waals surface area contributed by atoms with Crippen LogP contribution in [0.1, 0.15) is 35.1 Å². The molecular weight excluding hydrogens is 406 g/mol. The number of hydrogen-bond acceptors (Lipinski definition) is 5. The van der Waals surface area contributed by atoms with Crippen molar-refractivity contribution in [2.24, 2.45) is 0 Å². The molecule has 0 saturated carbocycles. The Kier molecular flexibility index (Phi) is 6.12. The molecule has 0 saturated heterocycles. The van der Waals surface area contributed by atoms with Crippen LogP contribution in [0, 0.1) is 6.92 Å². The lowest BCUT2D eigenvalue weighted by atomic mass is 9.96. The predicted octanol–water partition coefficient (Wildman–Crippen LogP) is 4.69. The van der Waals surface area contributed by atoms with Crippen LogP contribution in [0.25, 0.3) is 0 Å². The predicted molar refractivity (Wildman–Crippen MR) is 119 cm³/mol. The van der Waals surface area contributed by atoms with Crippen molar-refractivity contribution in [2.75, 3.05) is 7.11 Å². The van der Waals surface area contributed by atoms with E-state index in [-0.39, 0.29) is 24.3 Å². The number of Topliss-reactive ketones (excluding diaryl/α,β-unsaturated/α-hetero) is 1. The summed E-state index contributed by atoms with van der Waals surface area (Å²) in [4.78, 5) is 27.7. The highest BCUT2D eigenvalue weighted by atomic mass is 16.5. The largest absolute Gasteiger partial charge is 0.503 e. The Balaban J connectivity index is 1.64. The lowest BCUT2D eigenvalue weighted by Crippen LogP contribution is -2.30. The number of carbonyl (C=O) groups excluding carboxylic acids is 2. The zero-order chi connectivity index (χ0) is 22.7. The Morgan fingerprint density at radius 2 is 1.81 bits per heavy atom. The molecule has 32 heavy (non-hydrogen) atoms. The summed E-state index contributed by atoms with van der Waals surface area (Å²) in [5, 5.41) is 10.7. The summed E-state index contributed by atoms with van der Waals surface area (Å²) in [5.74, 6) is 0.407. The van der Waals surface area contributed by atoms with Crippen molar-refractivity contribution in [1.29, 1.82) is 0 Å². The van der Waals surface area contributed by atoms with E-state index in [1.54, 1.807) is 26.2 Å². The molecular formula is C26H25NO5. The molecule has 0 bridgehead atoms. The van der Waals surface area contributed by atoms with Crippen molar-refractivity contribution in [3.05, 3.63) is 101 Å². The van der Waals surface area contributed by atoms with Gasteiger partial charge in [-0.15, -0.1) is 0 Å². The van der Waals surface area contributed by atoms with E-state index >= 15 is 0 Å². The first-order valence-corrected chi connectivity index (χ1v) is 10.5. The second-order valence-electron chi connectivity index (χ2n) is 7.81. The molecule has 2 aromatic carbocycles. The van der Waals surface area contributed by atoms with E-state index in [1.165, 1.54) is 4.90 Å². The normalized spacial score (nSPS) is 16.0. The van der Waals surface area contributed by atoms with Gasteiger partial charge in [-0.2, -0.15) is 0 Å². The second kappa shape index (κ2) is 9.14. The number of hydrogen-bond donors (Lipinski definition) is 1. The number of benzene rings is 2.